The van der Waals surface area contributed by atoms with E-state index in [4.69, 9.17) is 14.5 Å². The minimum Gasteiger partial charge on any atom is -0.496 e. The van der Waals surface area contributed by atoms with Crippen molar-refractivity contribution in [3.8, 4) is 5.75 Å². The van der Waals surface area contributed by atoms with Crippen LogP contribution >= 0.6 is 24.0 Å². The number of nitrogens with zero attached hydrogens (tertiary/aromatic N) is 1. The average Bonchev–Trinajstić information content (AvgIpc) is 3.07. The van der Waals surface area contributed by atoms with E-state index in [0.29, 0.717) is 18.1 Å². The highest BCUT2D eigenvalue weighted by atomic mass is 127. The fraction of sp³-hybridized carbons (Fsp3) is 0.650. The van der Waals surface area contributed by atoms with Gasteiger partial charge in [0.2, 0.25) is 0 Å². The Hall–Kier alpha value is -1.02. The minimum atomic E-state index is 0. The summed E-state index contributed by atoms with van der Waals surface area (Å²) in [4.78, 5) is 4.78. The summed E-state index contributed by atoms with van der Waals surface area (Å²) in [5, 5.41) is 7.04. The summed E-state index contributed by atoms with van der Waals surface area (Å²) in [6.45, 7) is 9.15. The molecule has 1 heterocycles. The summed E-state index contributed by atoms with van der Waals surface area (Å²) < 4.78 is 11.3. The van der Waals surface area contributed by atoms with Crippen molar-refractivity contribution in [1.29, 1.82) is 0 Å². The number of ether oxygens (including phenoxy) is 2. The van der Waals surface area contributed by atoms with Gasteiger partial charge in [-0.1, -0.05) is 32.0 Å². The van der Waals surface area contributed by atoms with Crippen molar-refractivity contribution >= 4 is 29.9 Å². The van der Waals surface area contributed by atoms with E-state index < -0.39 is 0 Å². The van der Waals surface area contributed by atoms with Crippen LogP contribution in [0, 0.1) is 11.3 Å². The van der Waals surface area contributed by atoms with E-state index >= 15 is 0 Å². The van der Waals surface area contributed by atoms with Crippen LogP contribution in [0.2, 0.25) is 0 Å². The van der Waals surface area contributed by atoms with Gasteiger partial charge in [0, 0.05) is 37.1 Å². The van der Waals surface area contributed by atoms with E-state index in [0.717, 1.165) is 44.2 Å². The Morgan fingerprint density at radius 2 is 2.12 bits per heavy atom. The lowest BCUT2D eigenvalue weighted by molar-refractivity contribution is -0.106. The van der Waals surface area contributed by atoms with Gasteiger partial charge in [0.15, 0.2) is 5.96 Å². The van der Waals surface area contributed by atoms with E-state index in [1.54, 1.807) is 7.11 Å². The zero-order valence-corrected chi connectivity index (χ0v) is 18.6. The first-order chi connectivity index (χ1) is 12.1. The SMILES string of the molecule is CCNC(=NCCc1ccccc1OC)NC1C2CCOC2C1(C)C.I. The van der Waals surface area contributed by atoms with E-state index in [1.165, 1.54) is 5.56 Å². The van der Waals surface area contributed by atoms with Gasteiger partial charge in [-0.25, -0.2) is 0 Å². The van der Waals surface area contributed by atoms with Gasteiger partial charge in [0.1, 0.15) is 5.75 Å². The Morgan fingerprint density at radius 3 is 2.85 bits per heavy atom. The quantitative estimate of drug-likeness (QED) is 0.379. The van der Waals surface area contributed by atoms with E-state index in [9.17, 15) is 0 Å². The molecular weight excluding hydrogens is 441 g/mol. The highest BCUT2D eigenvalue weighted by Gasteiger charge is 2.59. The third-order valence-corrected chi connectivity index (χ3v) is 5.58. The lowest BCUT2D eigenvalue weighted by Gasteiger charge is -2.54. The van der Waals surface area contributed by atoms with Gasteiger partial charge in [-0.2, -0.15) is 0 Å². The third kappa shape index (κ3) is 4.27. The number of rotatable bonds is 6. The minimum absolute atomic E-state index is 0. The van der Waals surface area contributed by atoms with Crippen molar-refractivity contribution in [3.63, 3.8) is 0 Å². The van der Waals surface area contributed by atoms with Crippen molar-refractivity contribution in [2.45, 2.75) is 45.8 Å². The van der Waals surface area contributed by atoms with Gasteiger partial charge in [0.25, 0.3) is 0 Å². The van der Waals surface area contributed by atoms with Crippen LogP contribution in [0.25, 0.3) is 0 Å². The molecule has 2 N–H and O–H groups in total. The number of benzene rings is 1. The lowest BCUT2D eigenvalue weighted by atomic mass is 9.57. The monoisotopic (exact) mass is 473 g/mol. The van der Waals surface area contributed by atoms with Gasteiger partial charge in [-0.05, 0) is 31.4 Å². The zero-order chi connectivity index (χ0) is 17.9. The van der Waals surface area contributed by atoms with Crippen LogP contribution in [0.4, 0.5) is 0 Å². The molecule has 0 bridgehead atoms. The molecule has 26 heavy (non-hydrogen) atoms. The molecule has 1 aliphatic heterocycles. The van der Waals surface area contributed by atoms with E-state index in [-0.39, 0.29) is 29.4 Å². The Kier molecular flexibility index (Phi) is 7.58. The molecule has 0 aromatic heterocycles. The maximum absolute atomic E-state index is 5.89. The molecule has 5 nitrogen and oxygen atoms in total. The molecule has 146 valence electrons. The standard InChI is InChI=1S/C20H31N3O2.HI/c1-5-21-19(22-12-10-14-8-6-7-9-16(14)24-4)23-17-15-11-13-25-18(15)20(17,2)3;/h6-9,15,17-18H,5,10-13H2,1-4H3,(H2,21,22,23);1H. The Bertz CT molecular complexity index is 621. The number of methoxy groups -OCH3 is 1. The summed E-state index contributed by atoms with van der Waals surface area (Å²) in [7, 11) is 1.71. The maximum Gasteiger partial charge on any atom is 0.191 e. The molecule has 1 aliphatic carbocycles. The first-order valence-corrected chi connectivity index (χ1v) is 9.36. The van der Waals surface area contributed by atoms with Crippen LogP contribution < -0.4 is 15.4 Å². The summed E-state index contributed by atoms with van der Waals surface area (Å²) >= 11 is 0. The average molecular weight is 473 g/mol. The second kappa shape index (κ2) is 9.26. The zero-order valence-electron chi connectivity index (χ0n) is 16.2. The number of guanidine groups is 1. The van der Waals surface area contributed by atoms with E-state index in [2.05, 4.69) is 37.5 Å². The van der Waals surface area contributed by atoms with Crippen LogP contribution in [-0.4, -0.2) is 44.9 Å². The van der Waals surface area contributed by atoms with Crippen LogP contribution in [0.3, 0.4) is 0 Å². The first kappa shape index (κ1) is 21.3. The van der Waals surface area contributed by atoms with Gasteiger partial charge in [0.05, 0.1) is 13.2 Å². The Balaban J connectivity index is 0.00000243. The van der Waals surface area contributed by atoms with Gasteiger partial charge < -0.3 is 20.1 Å². The molecule has 0 amide bonds. The number of hydrogen-bond donors (Lipinski definition) is 2. The maximum atomic E-state index is 5.89. The highest BCUT2D eigenvalue weighted by molar-refractivity contribution is 14.0. The number of aliphatic imine (C=N–C) groups is 1. The summed E-state index contributed by atoms with van der Waals surface area (Å²) in [5.41, 5.74) is 1.35. The van der Waals surface area contributed by atoms with Gasteiger partial charge in [-0.3, -0.25) is 4.99 Å². The lowest BCUT2D eigenvalue weighted by Crippen LogP contribution is -2.68. The van der Waals surface area contributed by atoms with Crippen molar-refractivity contribution in [2.75, 3.05) is 26.8 Å². The second-order valence-electron chi connectivity index (χ2n) is 7.51. The first-order valence-electron chi connectivity index (χ1n) is 9.36. The predicted molar refractivity (Wildman–Crippen MR) is 117 cm³/mol. The van der Waals surface area contributed by atoms with Crippen LogP contribution in [-0.2, 0) is 11.2 Å². The Morgan fingerprint density at radius 1 is 1.35 bits per heavy atom. The summed E-state index contributed by atoms with van der Waals surface area (Å²) in [6, 6.07) is 8.56. The summed E-state index contributed by atoms with van der Waals surface area (Å²) in [6.07, 6.45) is 2.40. The molecule has 1 aromatic carbocycles. The van der Waals surface area contributed by atoms with Crippen molar-refractivity contribution in [2.24, 2.45) is 16.3 Å². The molecule has 1 aromatic rings. The number of nitrogens with one attached hydrogen (secondary N) is 2. The highest BCUT2D eigenvalue weighted by Crippen LogP contribution is 2.52. The van der Waals surface area contributed by atoms with Gasteiger partial charge in [-0.15, -0.1) is 24.0 Å². The molecule has 1 saturated carbocycles. The number of hydrogen-bond acceptors (Lipinski definition) is 3. The fourth-order valence-electron chi connectivity index (χ4n) is 4.28. The van der Waals surface area contributed by atoms with Crippen LogP contribution in [0.5, 0.6) is 5.75 Å². The Labute approximate surface area is 174 Å². The topological polar surface area (TPSA) is 54.9 Å². The smallest absolute Gasteiger partial charge is 0.191 e. The van der Waals surface area contributed by atoms with Gasteiger partial charge >= 0.3 is 0 Å². The van der Waals surface area contributed by atoms with Crippen molar-refractivity contribution < 1.29 is 9.47 Å². The normalized spacial score (nSPS) is 26.3. The summed E-state index contributed by atoms with van der Waals surface area (Å²) in [5.74, 6) is 2.44. The largest absolute Gasteiger partial charge is 0.496 e. The molecule has 2 aliphatic rings. The molecule has 3 unspecified atom stereocenters. The van der Waals surface area contributed by atoms with Crippen molar-refractivity contribution in [1.82, 2.24) is 10.6 Å². The molecule has 1 saturated heterocycles. The third-order valence-electron chi connectivity index (χ3n) is 5.58. The number of fused-ring (bicyclic) bond motifs is 1. The molecule has 2 fully saturated rings. The fourth-order valence-corrected chi connectivity index (χ4v) is 4.28. The van der Waals surface area contributed by atoms with Crippen LogP contribution in [0.15, 0.2) is 29.3 Å². The number of para-hydroxylation sites is 1. The molecule has 0 spiro atoms. The number of halogens is 1. The molecular formula is C20H32IN3O2. The molecule has 3 rings (SSSR count). The van der Waals surface area contributed by atoms with E-state index in [1.807, 2.05) is 18.2 Å². The predicted octanol–water partition coefficient (Wildman–Crippen LogP) is 3.22. The van der Waals surface area contributed by atoms with Crippen molar-refractivity contribution in [3.05, 3.63) is 29.8 Å². The van der Waals surface area contributed by atoms with Crippen LogP contribution in [0.1, 0.15) is 32.8 Å². The molecule has 0 radical (unpaired) electrons. The second-order valence-corrected chi connectivity index (χ2v) is 7.51. The molecule has 3 atom stereocenters. The molecule has 6 heteroatoms.